The van der Waals surface area contributed by atoms with Crippen molar-refractivity contribution in [2.24, 2.45) is 5.41 Å². The van der Waals surface area contributed by atoms with Gasteiger partial charge in [0, 0.05) is 5.41 Å². The number of hydrogen-bond acceptors (Lipinski definition) is 1. The zero-order chi connectivity index (χ0) is 15.8. The minimum atomic E-state index is -0.815. The van der Waals surface area contributed by atoms with Crippen LogP contribution in [0.15, 0.2) is 29.3 Å². The molecule has 0 spiro atoms. The van der Waals surface area contributed by atoms with E-state index in [0.717, 1.165) is 31.2 Å². The first-order valence-corrected chi connectivity index (χ1v) is 8.29. The molecular weight excluding hydrogens is 256 g/mol. The van der Waals surface area contributed by atoms with Gasteiger partial charge in [-0.2, -0.15) is 0 Å². The van der Waals surface area contributed by atoms with E-state index in [2.05, 4.69) is 59.7 Å². The van der Waals surface area contributed by atoms with Crippen LogP contribution in [0.25, 0.3) is 0 Å². The Kier molecular flexibility index (Phi) is 4.35. The summed E-state index contributed by atoms with van der Waals surface area (Å²) in [4.78, 5) is 0. The van der Waals surface area contributed by atoms with Gasteiger partial charge in [0.1, 0.15) is 5.60 Å². The zero-order valence-electron chi connectivity index (χ0n) is 14.5. The third-order valence-electron chi connectivity index (χ3n) is 5.25. The number of fused-ring (bicyclic) bond motifs is 1. The maximum absolute atomic E-state index is 11.8. The molecule has 1 heteroatoms. The second kappa shape index (κ2) is 5.61. The van der Waals surface area contributed by atoms with E-state index < -0.39 is 5.60 Å². The molecule has 2 rings (SSSR count). The van der Waals surface area contributed by atoms with Gasteiger partial charge in [0.15, 0.2) is 0 Å². The molecule has 0 saturated carbocycles. The smallest absolute Gasteiger partial charge is 0.117 e. The van der Waals surface area contributed by atoms with Gasteiger partial charge < -0.3 is 5.11 Å². The molecule has 1 nitrogen and oxygen atoms in total. The lowest BCUT2D eigenvalue weighted by atomic mass is 9.68. The summed E-state index contributed by atoms with van der Waals surface area (Å²) in [6.45, 7) is 13.1. The quantitative estimate of drug-likeness (QED) is 0.745. The van der Waals surface area contributed by atoms with Crippen molar-refractivity contribution >= 4 is 0 Å². The van der Waals surface area contributed by atoms with Crippen LogP contribution in [0.5, 0.6) is 0 Å². The van der Waals surface area contributed by atoms with Gasteiger partial charge in [0.05, 0.1) is 0 Å². The number of benzene rings is 1. The Morgan fingerprint density at radius 2 is 1.90 bits per heavy atom. The fourth-order valence-corrected chi connectivity index (χ4v) is 3.89. The molecule has 0 aromatic heterocycles. The molecule has 0 saturated heterocycles. The van der Waals surface area contributed by atoms with E-state index in [9.17, 15) is 5.11 Å². The van der Waals surface area contributed by atoms with Crippen LogP contribution in [0, 0.1) is 12.3 Å². The first kappa shape index (κ1) is 16.3. The van der Waals surface area contributed by atoms with E-state index >= 15 is 0 Å². The molecular formula is C20H30O. The molecule has 1 aliphatic rings. The lowest BCUT2D eigenvalue weighted by Gasteiger charge is -2.41. The Labute approximate surface area is 130 Å². The van der Waals surface area contributed by atoms with Crippen molar-refractivity contribution in [1.82, 2.24) is 0 Å². The van der Waals surface area contributed by atoms with Crippen molar-refractivity contribution in [3.05, 3.63) is 46.0 Å². The van der Waals surface area contributed by atoms with Gasteiger partial charge >= 0.3 is 0 Å². The molecule has 1 unspecified atom stereocenters. The fraction of sp³-hybridized carbons (Fsp3) is 0.600. The number of aliphatic hydroxyl groups is 1. The molecule has 21 heavy (non-hydrogen) atoms. The van der Waals surface area contributed by atoms with Crippen LogP contribution < -0.4 is 0 Å². The van der Waals surface area contributed by atoms with Crippen LogP contribution in [-0.4, -0.2) is 5.11 Å². The summed E-state index contributed by atoms with van der Waals surface area (Å²) < 4.78 is 0. The predicted molar refractivity (Wildman–Crippen MR) is 90.5 cm³/mol. The van der Waals surface area contributed by atoms with Crippen molar-refractivity contribution in [1.29, 1.82) is 0 Å². The highest BCUT2D eigenvalue weighted by molar-refractivity contribution is 5.49. The van der Waals surface area contributed by atoms with E-state index in [1.165, 1.54) is 22.3 Å². The standard InChI is InChI=1S/C20H30O/c1-7-9-17(15(4)8-2)20(21)18-12-14(3)10-11-16(18)13-19(20,5)6/h10-12,21H,7-9,13H2,1-6H3/b17-15+. The Morgan fingerprint density at radius 3 is 2.48 bits per heavy atom. The van der Waals surface area contributed by atoms with Crippen molar-refractivity contribution in [3.63, 3.8) is 0 Å². The molecule has 0 radical (unpaired) electrons. The number of aryl methyl sites for hydroxylation is 1. The van der Waals surface area contributed by atoms with Gasteiger partial charge in [0.2, 0.25) is 0 Å². The van der Waals surface area contributed by atoms with E-state index in [1.807, 2.05) is 0 Å². The Balaban J connectivity index is 2.71. The summed E-state index contributed by atoms with van der Waals surface area (Å²) in [5.41, 5.74) is 5.32. The molecule has 0 aliphatic heterocycles. The topological polar surface area (TPSA) is 20.2 Å². The molecule has 0 amide bonds. The lowest BCUT2D eigenvalue weighted by molar-refractivity contribution is -0.0287. The summed E-state index contributed by atoms with van der Waals surface area (Å²) in [5, 5.41) is 11.8. The number of rotatable bonds is 4. The summed E-state index contributed by atoms with van der Waals surface area (Å²) in [6.07, 6.45) is 4.01. The average molecular weight is 286 g/mol. The Bertz CT molecular complexity index is 565. The normalized spacial score (nSPS) is 24.7. The van der Waals surface area contributed by atoms with E-state index in [4.69, 9.17) is 0 Å². The third kappa shape index (κ3) is 2.46. The first-order valence-electron chi connectivity index (χ1n) is 8.29. The average Bonchev–Trinajstić information content (AvgIpc) is 2.63. The third-order valence-corrected chi connectivity index (χ3v) is 5.25. The highest BCUT2D eigenvalue weighted by Gasteiger charge is 2.53. The Morgan fingerprint density at radius 1 is 1.24 bits per heavy atom. The SMILES string of the molecule is CCC/C(=C(/C)CC)C1(O)c2cc(C)ccc2CC1(C)C. The van der Waals surface area contributed by atoms with E-state index in [0.29, 0.717) is 0 Å². The van der Waals surface area contributed by atoms with Crippen LogP contribution in [0.1, 0.15) is 70.6 Å². The van der Waals surface area contributed by atoms with Crippen LogP contribution in [0.4, 0.5) is 0 Å². The van der Waals surface area contributed by atoms with Crippen molar-refractivity contribution in [2.75, 3.05) is 0 Å². The molecule has 1 aromatic carbocycles. The van der Waals surface area contributed by atoms with Gasteiger partial charge in [-0.3, -0.25) is 0 Å². The molecule has 1 N–H and O–H groups in total. The molecule has 1 atom stereocenters. The minimum Gasteiger partial charge on any atom is -0.380 e. The molecule has 116 valence electrons. The van der Waals surface area contributed by atoms with Gasteiger partial charge in [-0.05, 0) is 49.8 Å². The monoisotopic (exact) mass is 286 g/mol. The zero-order valence-corrected chi connectivity index (χ0v) is 14.5. The minimum absolute atomic E-state index is 0.149. The van der Waals surface area contributed by atoms with Crippen molar-refractivity contribution in [3.8, 4) is 0 Å². The number of hydrogen-bond donors (Lipinski definition) is 1. The van der Waals surface area contributed by atoms with Crippen LogP contribution in [0.2, 0.25) is 0 Å². The largest absolute Gasteiger partial charge is 0.380 e. The lowest BCUT2D eigenvalue weighted by Crippen LogP contribution is -2.41. The second-order valence-electron chi connectivity index (χ2n) is 7.29. The van der Waals surface area contributed by atoms with Gasteiger partial charge in [-0.25, -0.2) is 0 Å². The first-order chi connectivity index (χ1) is 9.77. The highest BCUT2D eigenvalue weighted by atomic mass is 16.3. The highest BCUT2D eigenvalue weighted by Crippen LogP contribution is 2.55. The molecule has 0 bridgehead atoms. The molecule has 0 fully saturated rings. The second-order valence-corrected chi connectivity index (χ2v) is 7.29. The maximum Gasteiger partial charge on any atom is 0.117 e. The number of allylic oxidation sites excluding steroid dienone is 1. The summed E-state index contributed by atoms with van der Waals surface area (Å²) in [7, 11) is 0. The molecule has 1 aliphatic carbocycles. The van der Waals surface area contributed by atoms with Gasteiger partial charge in [-0.1, -0.05) is 63.5 Å². The predicted octanol–water partition coefficient (Wildman–Crippen LogP) is 5.29. The van der Waals surface area contributed by atoms with E-state index in [-0.39, 0.29) is 5.41 Å². The molecule has 1 aromatic rings. The fourth-order valence-electron chi connectivity index (χ4n) is 3.89. The summed E-state index contributed by atoms with van der Waals surface area (Å²) in [6, 6.07) is 6.56. The van der Waals surface area contributed by atoms with E-state index in [1.54, 1.807) is 0 Å². The summed E-state index contributed by atoms with van der Waals surface area (Å²) in [5.74, 6) is 0. The maximum atomic E-state index is 11.8. The van der Waals surface area contributed by atoms with Crippen molar-refractivity contribution in [2.45, 2.75) is 72.8 Å². The van der Waals surface area contributed by atoms with Crippen molar-refractivity contribution < 1.29 is 5.11 Å². The van der Waals surface area contributed by atoms with Gasteiger partial charge in [0.25, 0.3) is 0 Å². The summed E-state index contributed by atoms with van der Waals surface area (Å²) >= 11 is 0. The van der Waals surface area contributed by atoms with Crippen LogP contribution in [-0.2, 0) is 12.0 Å². The van der Waals surface area contributed by atoms with Crippen LogP contribution in [0.3, 0.4) is 0 Å². The van der Waals surface area contributed by atoms with Crippen LogP contribution >= 0.6 is 0 Å². The molecule has 0 heterocycles. The van der Waals surface area contributed by atoms with Gasteiger partial charge in [-0.15, -0.1) is 0 Å². The Hall–Kier alpha value is -1.08.